The summed E-state index contributed by atoms with van der Waals surface area (Å²) in [6.07, 6.45) is 0.877. The summed E-state index contributed by atoms with van der Waals surface area (Å²) in [5, 5.41) is 4.55. The van der Waals surface area contributed by atoms with Crippen LogP contribution in [0.1, 0.15) is 12.8 Å². The van der Waals surface area contributed by atoms with Gasteiger partial charge in [-0.15, -0.1) is 0 Å². The molecule has 33 heavy (non-hydrogen) atoms. The number of aryl methyl sites for hydroxylation is 1. The third-order valence-corrected chi connectivity index (χ3v) is 6.49. The van der Waals surface area contributed by atoms with Crippen molar-refractivity contribution >= 4 is 39.1 Å². The van der Waals surface area contributed by atoms with Gasteiger partial charge in [-0.2, -0.15) is 5.10 Å². The Bertz CT molecular complexity index is 1190. The van der Waals surface area contributed by atoms with Crippen molar-refractivity contribution in [3.8, 4) is 11.3 Å². The second-order valence-electron chi connectivity index (χ2n) is 7.86. The lowest BCUT2D eigenvalue weighted by molar-refractivity contribution is -0.131. The van der Waals surface area contributed by atoms with E-state index in [9.17, 15) is 14.0 Å². The van der Waals surface area contributed by atoms with Crippen LogP contribution < -0.4 is 10.5 Å². The van der Waals surface area contributed by atoms with E-state index in [1.165, 1.54) is 16.8 Å². The number of rotatable bonds is 6. The van der Waals surface area contributed by atoms with E-state index in [1.54, 1.807) is 18.2 Å². The molecule has 0 spiro atoms. The molecule has 0 aliphatic carbocycles. The summed E-state index contributed by atoms with van der Waals surface area (Å²) in [7, 11) is 0. The predicted molar refractivity (Wildman–Crippen MR) is 131 cm³/mol. The SMILES string of the molecule is O=C(CCCn1nc(-c2ccc(Br)cc2)ccc1=O)N1CCN(c2ccc(F)c(Cl)c2)CC1. The first-order valence-electron chi connectivity index (χ1n) is 10.7. The minimum Gasteiger partial charge on any atom is -0.368 e. The van der Waals surface area contributed by atoms with Gasteiger partial charge in [-0.25, -0.2) is 9.07 Å². The summed E-state index contributed by atoms with van der Waals surface area (Å²) in [6, 6.07) is 15.6. The van der Waals surface area contributed by atoms with Gasteiger partial charge in [-0.3, -0.25) is 9.59 Å². The van der Waals surface area contributed by atoms with E-state index in [-0.39, 0.29) is 16.5 Å². The molecule has 1 aliphatic rings. The second-order valence-corrected chi connectivity index (χ2v) is 9.18. The molecule has 0 unspecified atom stereocenters. The van der Waals surface area contributed by atoms with E-state index in [0.29, 0.717) is 51.3 Å². The van der Waals surface area contributed by atoms with Gasteiger partial charge >= 0.3 is 0 Å². The number of piperazine rings is 1. The van der Waals surface area contributed by atoms with Crippen molar-refractivity contribution in [2.45, 2.75) is 19.4 Å². The number of hydrogen-bond acceptors (Lipinski definition) is 4. The van der Waals surface area contributed by atoms with Crippen LogP contribution in [0.5, 0.6) is 0 Å². The number of carbonyl (C=O) groups excluding carboxylic acids is 1. The zero-order valence-corrected chi connectivity index (χ0v) is 20.2. The Hall–Kier alpha value is -2.71. The maximum absolute atomic E-state index is 13.4. The lowest BCUT2D eigenvalue weighted by Crippen LogP contribution is -2.48. The van der Waals surface area contributed by atoms with Gasteiger partial charge in [0, 0.05) is 60.9 Å². The highest BCUT2D eigenvalue weighted by molar-refractivity contribution is 9.10. The van der Waals surface area contributed by atoms with Crippen molar-refractivity contribution in [2.24, 2.45) is 0 Å². The fourth-order valence-electron chi connectivity index (χ4n) is 3.82. The zero-order valence-electron chi connectivity index (χ0n) is 17.9. The quantitative estimate of drug-likeness (QED) is 0.465. The molecule has 0 radical (unpaired) electrons. The van der Waals surface area contributed by atoms with E-state index >= 15 is 0 Å². The first kappa shape index (κ1) is 23.4. The number of benzene rings is 2. The van der Waals surface area contributed by atoms with Gasteiger partial charge in [0.2, 0.25) is 5.91 Å². The summed E-state index contributed by atoms with van der Waals surface area (Å²) in [5.41, 5.74) is 2.30. The topological polar surface area (TPSA) is 58.4 Å². The third-order valence-electron chi connectivity index (χ3n) is 5.67. The Morgan fingerprint density at radius 2 is 1.76 bits per heavy atom. The normalized spacial score (nSPS) is 13.9. The minimum absolute atomic E-state index is 0.0592. The average Bonchev–Trinajstić information content (AvgIpc) is 2.82. The summed E-state index contributed by atoms with van der Waals surface area (Å²) in [6.45, 7) is 2.87. The molecule has 0 bridgehead atoms. The van der Waals surface area contributed by atoms with Gasteiger partial charge < -0.3 is 9.80 Å². The Morgan fingerprint density at radius 1 is 1.03 bits per heavy atom. The van der Waals surface area contributed by atoms with Crippen molar-refractivity contribution in [1.82, 2.24) is 14.7 Å². The molecule has 2 aromatic carbocycles. The zero-order chi connectivity index (χ0) is 23.4. The number of anilines is 1. The molecule has 0 atom stereocenters. The van der Waals surface area contributed by atoms with Gasteiger partial charge in [0.1, 0.15) is 5.82 Å². The van der Waals surface area contributed by atoms with Crippen LogP contribution in [0.25, 0.3) is 11.3 Å². The maximum Gasteiger partial charge on any atom is 0.266 e. The van der Waals surface area contributed by atoms with Crippen molar-refractivity contribution in [2.75, 3.05) is 31.1 Å². The van der Waals surface area contributed by atoms with Crippen molar-refractivity contribution in [1.29, 1.82) is 0 Å². The highest BCUT2D eigenvalue weighted by Crippen LogP contribution is 2.24. The molecule has 1 fully saturated rings. The van der Waals surface area contributed by atoms with Gasteiger partial charge in [0.25, 0.3) is 5.56 Å². The Morgan fingerprint density at radius 3 is 2.45 bits per heavy atom. The van der Waals surface area contributed by atoms with Crippen LogP contribution in [0.4, 0.5) is 10.1 Å². The van der Waals surface area contributed by atoms with E-state index in [1.807, 2.05) is 29.2 Å². The highest BCUT2D eigenvalue weighted by Gasteiger charge is 2.21. The molecular weight excluding hydrogens is 511 g/mol. The van der Waals surface area contributed by atoms with Crippen LogP contribution in [0.2, 0.25) is 5.02 Å². The molecule has 2 heterocycles. The maximum atomic E-state index is 13.4. The summed E-state index contributed by atoms with van der Waals surface area (Å²) in [5.74, 6) is -0.380. The lowest BCUT2D eigenvalue weighted by atomic mass is 10.1. The van der Waals surface area contributed by atoms with E-state index in [4.69, 9.17) is 11.6 Å². The Kier molecular flexibility index (Phi) is 7.45. The fraction of sp³-hybridized carbons (Fsp3) is 0.292. The molecule has 4 rings (SSSR count). The van der Waals surface area contributed by atoms with Crippen LogP contribution in [-0.2, 0) is 11.3 Å². The van der Waals surface area contributed by atoms with Gasteiger partial charge in [-0.05, 0) is 42.8 Å². The molecule has 6 nitrogen and oxygen atoms in total. The van der Waals surface area contributed by atoms with Crippen molar-refractivity contribution < 1.29 is 9.18 Å². The van der Waals surface area contributed by atoms with Crippen LogP contribution in [-0.4, -0.2) is 46.8 Å². The Balaban J connectivity index is 1.29. The van der Waals surface area contributed by atoms with Crippen molar-refractivity contribution in [3.05, 3.63) is 80.3 Å². The largest absolute Gasteiger partial charge is 0.368 e. The predicted octanol–water partition coefficient (Wildman–Crippen LogP) is 4.59. The average molecular weight is 534 g/mol. The standard InChI is InChI=1S/C24H23BrClFN4O2/c25-18-5-3-17(4-6-18)22-9-10-24(33)31(28-22)11-1-2-23(32)30-14-12-29(13-15-30)19-7-8-21(27)20(26)16-19/h3-10,16H,1-2,11-15H2. The van der Waals surface area contributed by atoms with Gasteiger partial charge in [0.05, 0.1) is 10.7 Å². The number of aromatic nitrogens is 2. The van der Waals surface area contributed by atoms with Crippen LogP contribution in [0.15, 0.2) is 63.9 Å². The molecule has 0 N–H and O–H groups in total. The van der Waals surface area contributed by atoms with Gasteiger partial charge in [-0.1, -0.05) is 39.7 Å². The van der Waals surface area contributed by atoms with E-state index < -0.39 is 5.82 Å². The molecule has 9 heteroatoms. The molecule has 1 aromatic heterocycles. The summed E-state index contributed by atoms with van der Waals surface area (Å²) >= 11 is 9.30. The highest BCUT2D eigenvalue weighted by atomic mass is 79.9. The van der Waals surface area contributed by atoms with Gasteiger partial charge in [0.15, 0.2) is 0 Å². The number of hydrogen-bond donors (Lipinski definition) is 0. The number of nitrogens with zero attached hydrogens (tertiary/aromatic N) is 4. The van der Waals surface area contributed by atoms with E-state index in [2.05, 4.69) is 25.9 Å². The van der Waals surface area contributed by atoms with Crippen molar-refractivity contribution in [3.63, 3.8) is 0 Å². The fourth-order valence-corrected chi connectivity index (χ4v) is 4.26. The monoisotopic (exact) mass is 532 g/mol. The first-order chi connectivity index (χ1) is 15.9. The number of carbonyl (C=O) groups is 1. The molecule has 1 amide bonds. The summed E-state index contributed by atoms with van der Waals surface area (Å²) in [4.78, 5) is 28.8. The lowest BCUT2D eigenvalue weighted by Gasteiger charge is -2.36. The smallest absolute Gasteiger partial charge is 0.266 e. The molecule has 1 aliphatic heterocycles. The number of amides is 1. The van der Waals surface area contributed by atoms with Crippen LogP contribution >= 0.6 is 27.5 Å². The molecule has 1 saturated heterocycles. The molecule has 3 aromatic rings. The Labute approximate surface area is 204 Å². The summed E-state index contributed by atoms with van der Waals surface area (Å²) < 4.78 is 15.8. The van der Waals surface area contributed by atoms with Crippen LogP contribution in [0.3, 0.4) is 0 Å². The molecule has 172 valence electrons. The molecular formula is C24H23BrClFN4O2. The molecule has 0 saturated carbocycles. The minimum atomic E-state index is -0.440. The van der Waals surface area contributed by atoms with Crippen LogP contribution in [0, 0.1) is 5.82 Å². The second kappa shape index (κ2) is 10.5. The van der Waals surface area contributed by atoms with E-state index in [0.717, 1.165) is 15.7 Å². The third kappa shape index (κ3) is 5.81. The number of halogens is 3. The first-order valence-corrected chi connectivity index (χ1v) is 11.9.